The van der Waals surface area contributed by atoms with Gasteiger partial charge in [-0.15, -0.1) is 6.58 Å². The molecule has 0 heterocycles. The molecule has 1 aromatic carbocycles. The highest BCUT2D eigenvalue weighted by Crippen LogP contribution is 2.20. The van der Waals surface area contributed by atoms with Crippen molar-refractivity contribution in [1.82, 2.24) is 0 Å². The van der Waals surface area contributed by atoms with Gasteiger partial charge in [-0.25, -0.2) is 0 Å². The molecule has 0 N–H and O–H groups in total. The van der Waals surface area contributed by atoms with Crippen molar-refractivity contribution >= 4 is 0 Å². The molecule has 0 aliphatic carbocycles. The number of allylic oxidation sites excluding steroid dienone is 1. The van der Waals surface area contributed by atoms with Crippen molar-refractivity contribution in [3.63, 3.8) is 0 Å². The van der Waals surface area contributed by atoms with Crippen molar-refractivity contribution < 1.29 is 0 Å². The molecular weight excluding hydrogens is 168 g/mol. The third kappa shape index (κ3) is 3.78. The second-order valence-electron chi connectivity index (χ2n) is 5.05. The molecule has 76 valence electrons. The maximum absolute atomic E-state index is 3.74. The number of hydrogen-bond acceptors (Lipinski definition) is 0. The second-order valence-corrected chi connectivity index (χ2v) is 5.05. The molecule has 0 aliphatic heterocycles. The van der Waals surface area contributed by atoms with Gasteiger partial charge in [-0.3, -0.25) is 0 Å². The van der Waals surface area contributed by atoms with Gasteiger partial charge in [0, 0.05) is 0 Å². The summed E-state index contributed by atoms with van der Waals surface area (Å²) in [6, 6.07) is 8.85. The van der Waals surface area contributed by atoms with E-state index in [-0.39, 0.29) is 0 Å². The Morgan fingerprint density at radius 2 is 1.57 bits per heavy atom. The van der Waals surface area contributed by atoms with Crippen LogP contribution in [0.25, 0.3) is 0 Å². The van der Waals surface area contributed by atoms with E-state index >= 15 is 0 Å². The fraction of sp³-hybridized carbons (Fsp3) is 0.429. The molecule has 0 saturated carbocycles. The summed E-state index contributed by atoms with van der Waals surface area (Å²) in [5.74, 6) is 0. The van der Waals surface area contributed by atoms with Gasteiger partial charge in [0.15, 0.2) is 0 Å². The molecule has 0 amide bonds. The average molecular weight is 188 g/mol. The Morgan fingerprint density at radius 1 is 1.07 bits per heavy atom. The van der Waals surface area contributed by atoms with E-state index in [9.17, 15) is 0 Å². The third-order valence-electron chi connectivity index (χ3n) is 2.14. The van der Waals surface area contributed by atoms with Crippen LogP contribution < -0.4 is 0 Å². The first-order valence-corrected chi connectivity index (χ1v) is 5.20. The van der Waals surface area contributed by atoms with Gasteiger partial charge in [-0.2, -0.15) is 0 Å². The maximum Gasteiger partial charge on any atom is -0.0100 e. The van der Waals surface area contributed by atoms with E-state index in [0.29, 0.717) is 5.41 Å². The number of hydrogen-bond donors (Lipinski definition) is 0. The molecular formula is C14H20. The molecule has 0 bridgehead atoms. The predicted octanol–water partition coefficient (Wildman–Crippen LogP) is 4.00. The highest BCUT2D eigenvalue weighted by Gasteiger charge is 2.10. The summed E-state index contributed by atoms with van der Waals surface area (Å²) in [4.78, 5) is 0. The SMILES string of the molecule is C=CCc1ccc(CC(C)(C)C)cc1. The smallest absolute Gasteiger partial charge is 0.0100 e. The Labute approximate surface area is 87.7 Å². The lowest BCUT2D eigenvalue weighted by Gasteiger charge is -2.18. The first kappa shape index (κ1) is 11.0. The average Bonchev–Trinajstić information content (AvgIpc) is 2.06. The Bertz CT molecular complexity index is 285. The Kier molecular flexibility index (Phi) is 3.51. The van der Waals surface area contributed by atoms with E-state index in [1.807, 2.05) is 6.08 Å². The Morgan fingerprint density at radius 3 is 2.00 bits per heavy atom. The minimum atomic E-state index is 0.375. The lowest BCUT2D eigenvalue weighted by Crippen LogP contribution is -2.08. The van der Waals surface area contributed by atoms with Crippen LogP contribution in [0, 0.1) is 5.41 Å². The summed E-state index contributed by atoms with van der Waals surface area (Å²) in [6.07, 6.45) is 4.05. The Hall–Kier alpha value is -1.04. The zero-order valence-corrected chi connectivity index (χ0v) is 9.51. The minimum absolute atomic E-state index is 0.375. The summed E-state index contributed by atoms with van der Waals surface area (Å²) in [5.41, 5.74) is 3.14. The summed E-state index contributed by atoms with van der Waals surface area (Å²) < 4.78 is 0. The highest BCUT2D eigenvalue weighted by molar-refractivity contribution is 5.24. The van der Waals surface area contributed by atoms with Crippen molar-refractivity contribution in [1.29, 1.82) is 0 Å². The van der Waals surface area contributed by atoms with Crippen LogP contribution in [0.4, 0.5) is 0 Å². The van der Waals surface area contributed by atoms with Crippen LogP contribution in [0.15, 0.2) is 36.9 Å². The predicted molar refractivity (Wildman–Crippen MR) is 63.5 cm³/mol. The molecule has 0 radical (unpaired) electrons. The zero-order valence-electron chi connectivity index (χ0n) is 9.51. The van der Waals surface area contributed by atoms with Gasteiger partial charge in [-0.05, 0) is 29.4 Å². The lowest BCUT2D eigenvalue weighted by molar-refractivity contribution is 0.411. The minimum Gasteiger partial charge on any atom is -0.103 e. The van der Waals surface area contributed by atoms with Gasteiger partial charge in [0.1, 0.15) is 0 Å². The summed E-state index contributed by atoms with van der Waals surface area (Å²) in [5, 5.41) is 0. The standard InChI is InChI=1S/C14H20/c1-5-6-12-7-9-13(10-8-12)11-14(2,3)4/h5,7-10H,1,6,11H2,2-4H3. The van der Waals surface area contributed by atoms with Gasteiger partial charge in [-0.1, -0.05) is 51.1 Å². The molecule has 0 aromatic heterocycles. The highest BCUT2D eigenvalue weighted by atomic mass is 14.2. The van der Waals surface area contributed by atoms with Crippen molar-refractivity contribution in [3.8, 4) is 0 Å². The lowest BCUT2D eigenvalue weighted by atomic mass is 9.88. The summed E-state index contributed by atoms with van der Waals surface area (Å²) in [6.45, 7) is 10.5. The van der Waals surface area contributed by atoms with Crippen molar-refractivity contribution in [2.24, 2.45) is 5.41 Å². The largest absolute Gasteiger partial charge is 0.103 e. The van der Waals surface area contributed by atoms with Crippen molar-refractivity contribution in [2.45, 2.75) is 33.6 Å². The molecule has 1 aromatic rings. The molecule has 0 unspecified atom stereocenters. The molecule has 0 atom stereocenters. The molecule has 14 heavy (non-hydrogen) atoms. The van der Waals surface area contributed by atoms with E-state index in [0.717, 1.165) is 12.8 Å². The van der Waals surface area contributed by atoms with E-state index in [2.05, 4.69) is 51.6 Å². The number of benzene rings is 1. The van der Waals surface area contributed by atoms with Crippen LogP contribution >= 0.6 is 0 Å². The molecule has 0 nitrogen and oxygen atoms in total. The zero-order chi connectivity index (χ0) is 10.6. The first-order chi connectivity index (χ1) is 6.51. The molecule has 0 saturated heterocycles. The van der Waals surface area contributed by atoms with Crippen LogP contribution in [0.2, 0.25) is 0 Å². The van der Waals surface area contributed by atoms with Gasteiger partial charge < -0.3 is 0 Å². The molecule has 0 heteroatoms. The summed E-state index contributed by atoms with van der Waals surface area (Å²) in [7, 11) is 0. The monoisotopic (exact) mass is 188 g/mol. The normalized spacial score (nSPS) is 11.4. The van der Waals surface area contributed by atoms with Gasteiger partial charge >= 0.3 is 0 Å². The molecule has 1 rings (SSSR count). The van der Waals surface area contributed by atoms with E-state index in [4.69, 9.17) is 0 Å². The van der Waals surface area contributed by atoms with Crippen molar-refractivity contribution in [2.75, 3.05) is 0 Å². The quantitative estimate of drug-likeness (QED) is 0.629. The Balaban J connectivity index is 2.68. The van der Waals surface area contributed by atoms with Gasteiger partial charge in [0.2, 0.25) is 0 Å². The van der Waals surface area contributed by atoms with Crippen molar-refractivity contribution in [3.05, 3.63) is 48.0 Å². The maximum atomic E-state index is 3.74. The van der Waals surface area contributed by atoms with E-state index < -0.39 is 0 Å². The second kappa shape index (κ2) is 4.45. The first-order valence-electron chi connectivity index (χ1n) is 5.20. The fourth-order valence-corrected chi connectivity index (χ4v) is 1.57. The van der Waals surface area contributed by atoms with Crippen LogP contribution in [0.1, 0.15) is 31.9 Å². The van der Waals surface area contributed by atoms with Crippen LogP contribution in [-0.2, 0) is 12.8 Å². The van der Waals surface area contributed by atoms with E-state index in [1.165, 1.54) is 11.1 Å². The van der Waals surface area contributed by atoms with Gasteiger partial charge in [0.25, 0.3) is 0 Å². The topological polar surface area (TPSA) is 0 Å². The third-order valence-corrected chi connectivity index (χ3v) is 2.14. The molecule has 0 aliphatic rings. The van der Waals surface area contributed by atoms with Crippen LogP contribution in [0.3, 0.4) is 0 Å². The fourth-order valence-electron chi connectivity index (χ4n) is 1.57. The van der Waals surface area contributed by atoms with E-state index in [1.54, 1.807) is 0 Å². The summed E-state index contributed by atoms with van der Waals surface area (Å²) >= 11 is 0. The van der Waals surface area contributed by atoms with Gasteiger partial charge in [0.05, 0.1) is 0 Å². The van der Waals surface area contributed by atoms with Crippen LogP contribution in [0.5, 0.6) is 0 Å². The van der Waals surface area contributed by atoms with Crippen LogP contribution in [-0.4, -0.2) is 0 Å². The molecule has 0 spiro atoms. The molecule has 0 fully saturated rings. The number of rotatable bonds is 3.